The normalized spacial score (nSPS) is 10.6. The Bertz CT molecular complexity index is 753. The summed E-state index contributed by atoms with van der Waals surface area (Å²) >= 11 is 5.89. The van der Waals surface area contributed by atoms with Crippen LogP contribution in [0.5, 0.6) is 0 Å². The number of nitrogens with one attached hydrogen (secondary N) is 2. The number of nitrogens with zero attached hydrogens (tertiary/aromatic N) is 2. The zero-order valence-corrected chi connectivity index (χ0v) is 10.5. The van der Waals surface area contributed by atoms with E-state index in [1.807, 2.05) is 0 Å². The van der Waals surface area contributed by atoms with Gasteiger partial charge in [-0.15, -0.1) is 0 Å². The van der Waals surface area contributed by atoms with Gasteiger partial charge in [0.05, 0.1) is 23.0 Å². The molecule has 1 aromatic carbocycles. The smallest absolute Gasteiger partial charge is 0.255 e. The number of H-pyrrole nitrogens is 1. The number of halogens is 1. The van der Waals surface area contributed by atoms with Gasteiger partial charge in [0.25, 0.3) is 5.91 Å². The number of anilines is 1. The molecule has 0 atom stereocenters. The van der Waals surface area contributed by atoms with Crippen LogP contribution in [0, 0.1) is 0 Å². The van der Waals surface area contributed by atoms with Gasteiger partial charge in [-0.1, -0.05) is 11.6 Å². The third-order valence-electron chi connectivity index (χ3n) is 2.69. The molecule has 0 spiro atoms. The first-order chi connectivity index (χ1) is 9.24. The Kier molecular flexibility index (Phi) is 2.89. The molecule has 2 heterocycles. The Labute approximate surface area is 113 Å². The molecule has 5 nitrogen and oxygen atoms in total. The molecular formula is C13H9ClN4O. The van der Waals surface area contributed by atoms with Crippen molar-refractivity contribution < 1.29 is 4.79 Å². The highest BCUT2D eigenvalue weighted by Crippen LogP contribution is 2.19. The van der Waals surface area contributed by atoms with Gasteiger partial charge in [-0.25, -0.2) is 9.97 Å². The Balaban J connectivity index is 1.89. The number of pyridine rings is 1. The summed E-state index contributed by atoms with van der Waals surface area (Å²) < 4.78 is 0. The number of imidazole rings is 1. The van der Waals surface area contributed by atoms with Crippen LogP contribution in [-0.4, -0.2) is 20.9 Å². The molecule has 0 radical (unpaired) electrons. The number of aromatic nitrogens is 3. The van der Waals surface area contributed by atoms with E-state index in [2.05, 4.69) is 20.3 Å². The van der Waals surface area contributed by atoms with E-state index in [9.17, 15) is 4.79 Å². The molecule has 2 aromatic heterocycles. The van der Waals surface area contributed by atoms with Crippen LogP contribution in [0.25, 0.3) is 11.0 Å². The molecule has 1 amide bonds. The molecule has 0 aliphatic carbocycles. The summed E-state index contributed by atoms with van der Waals surface area (Å²) in [6.07, 6.45) is 3.15. The monoisotopic (exact) mass is 272 g/mol. The maximum atomic E-state index is 12.1. The third kappa shape index (κ3) is 2.28. The molecule has 6 heteroatoms. The second-order valence-corrected chi connectivity index (χ2v) is 4.29. The van der Waals surface area contributed by atoms with Crippen LogP contribution < -0.4 is 5.32 Å². The fraction of sp³-hybridized carbons (Fsp3) is 0. The minimum Gasteiger partial charge on any atom is -0.345 e. The van der Waals surface area contributed by atoms with Gasteiger partial charge in [-0.05, 0) is 30.3 Å². The van der Waals surface area contributed by atoms with Gasteiger partial charge in [0, 0.05) is 11.8 Å². The maximum absolute atomic E-state index is 12.1. The molecule has 2 N–H and O–H groups in total. The molecule has 0 bridgehead atoms. The lowest BCUT2D eigenvalue weighted by molar-refractivity contribution is 0.102. The van der Waals surface area contributed by atoms with Gasteiger partial charge in [0.1, 0.15) is 0 Å². The fourth-order valence-electron chi connectivity index (χ4n) is 1.75. The highest BCUT2D eigenvalue weighted by Gasteiger charge is 2.09. The number of hydrogen-bond acceptors (Lipinski definition) is 3. The molecule has 0 saturated carbocycles. The number of carbonyl (C=O) groups is 1. The third-order valence-corrected chi connectivity index (χ3v) is 2.99. The van der Waals surface area contributed by atoms with Crippen molar-refractivity contribution in [1.82, 2.24) is 15.0 Å². The van der Waals surface area contributed by atoms with E-state index in [0.29, 0.717) is 11.3 Å². The number of hydrogen-bond donors (Lipinski definition) is 2. The second kappa shape index (κ2) is 4.70. The quantitative estimate of drug-likeness (QED) is 0.705. The number of aromatic amines is 1. The first-order valence-corrected chi connectivity index (χ1v) is 5.97. The van der Waals surface area contributed by atoms with Gasteiger partial charge in [-0.2, -0.15) is 0 Å². The first kappa shape index (κ1) is 11.7. The molecular weight excluding hydrogens is 264 g/mol. The summed E-state index contributed by atoms with van der Waals surface area (Å²) in [6.45, 7) is 0. The number of benzene rings is 1. The fourth-order valence-corrected chi connectivity index (χ4v) is 1.92. The van der Waals surface area contributed by atoms with Crippen molar-refractivity contribution in [3.63, 3.8) is 0 Å². The SMILES string of the molecule is O=C(Nc1cccnc1Cl)c1ccc2nc[nH]c2c1. The van der Waals surface area contributed by atoms with Gasteiger partial charge >= 0.3 is 0 Å². The predicted molar refractivity (Wildman–Crippen MR) is 73.3 cm³/mol. The van der Waals surface area contributed by atoms with Gasteiger partial charge in [0.15, 0.2) is 5.15 Å². The molecule has 94 valence electrons. The topological polar surface area (TPSA) is 70.7 Å². The standard InChI is InChI=1S/C13H9ClN4O/c14-12-10(2-1-5-15-12)18-13(19)8-3-4-9-11(6-8)17-7-16-9/h1-7H,(H,16,17)(H,18,19). The van der Waals surface area contributed by atoms with Crippen LogP contribution in [0.2, 0.25) is 5.15 Å². The summed E-state index contributed by atoms with van der Waals surface area (Å²) in [4.78, 5) is 23.1. The first-order valence-electron chi connectivity index (χ1n) is 5.59. The second-order valence-electron chi connectivity index (χ2n) is 3.93. The molecule has 19 heavy (non-hydrogen) atoms. The van der Waals surface area contributed by atoms with Crippen molar-refractivity contribution in [2.75, 3.05) is 5.32 Å². The number of amides is 1. The molecule has 0 aliphatic heterocycles. The Morgan fingerprint density at radius 2 is 2.16 bits per heavy atom. The van der Waals surface area contributed by atoms with Crippen molar-refractivity contribution >= 4 is 34.2 Å². The highest BCUT2D eigenvalue weighted by molar-refractivity contribution is 6.32. The molecule has 3 aromatic rings. The highest BCUT2D eigenvalue weighted by atomic mass is 35.5. The van der Waals surface area contributed by atoms with Crippen molar-refractivity contribution in [2.45, 2.75) is 0 Å². The van der Waals surface area contributed by atoms with E-state index >= 15 is 0 Å². The van der Waals surface area contributed by atoms with E-state index < -0.39 is 0 Å². The number of rotatable bonds is 2. The van der Waals surface area contributed by atoms with E-state index in [-0.39, 0.29) is 11.1 Å². The van der Waals surface area contributed by atoms with Crippen LogP contribution in [0.15, 0.2) is 42.9 Å². The minimum absolute atomic E-state index is 0.244. The van der Waals surface area contributed by atoms with Gasteiger partial charge < -0.3 is 10.3 Å². The van der Waals surface area contributed by atoms with Gasteiger partial charge in [0.2, 0.25) is 0 Å². The average molecular weight is 273 g/mol. The zero-order valence-electron chi connectivity index (χ0n) is 9.72. The summed E-state index contributed by atoms with van der Waals surface area (Å²) in [5, 5.41) is 2.98. The van der Waals surface area contributed by atoms with Crippen molar-refractivity contribution in [3.8, 4) is 0 Å². The van der Waals surface area contributed by atoms with E-state index in [0.717, 1.165) is 11.0 Å². The lowest BCUT2D eigenvalue weighted by Gasteiger charge is -2.06. The molecule has 0 unspecified atom stereocenters. The van der Waals surface area contributed by atoms with Crippen LogP contribution in [0.3, 0.4) is 0 Å². The number of fused-ring (bicyclic) bond motifs is 1. The van der Waals surface area contributed by atoms with E-state index in [4.69, 9.17) is 11.6 Å². The lowest BCUT2D eigenvalue weighted by Crippen LogP contribution is -2.12. The van der Waals surface area contributed by atoms with Gasteiger partial charge in [-0.3, -0.25) is 4.79 Å². The molecule has 0 aliphatic rings. The Morgan fingerprint density at radius 3 is 3.00 bits per heavy atom. The van der Waals surface area contributed by atoms with Crippen LogP contribution in [-0.2, 0) is 0 Å². The summed E-state index contributed by atoms with van der Waals surface area (Å²) in [5.41, 5.74) is 2.64. The largest absolute Gasteiger partial charge is 0.345 e. The van der Waals surface area contributed by atoms with Crippen LogP contribution >= 0.6 is 11.6 Å². The van der Waals surface area contributed by atoms with Crippen LogP contribution in [0.1, 0.15) is 10.4 Å². The van der Waals surface area contributed by atoms with E-state index in [1.165, 1.54) is 0 Å². The van der Waals surface area contributed by atoms with E-state index in [1.54, 1.807) is 42.9 Å². The summed E-state index contributed by atoms with van der Waals surface area (Å²) in [5.74, 6) is -0.244. The zero-order chi connectivity index (χ0) is 13.2. The Hall–Kier alpha value is -2.40. The Morgan fingerprint density at radius 1 is 1.26 bits per heavy atom. The minimum atomic E-state index is -0.244. The van der Waals surface area contributed by atoms with Crippen molar-refractivity contribution in [2.24, 2.45) is 0 Å². The van der Waals surface area contributed by atoms with Crippen molar-refractivity contribution in [3.05, 3.63) is 53.6 Å². The number of carbonyl (C=O) groups excluding carboxylic acids is 1. The average Bonchev–Trinajstić information content (AvgIpc) is 2.88. The summed E-state index contributed by atoms with van der Waals surface area (Å²) in [6, 6.07) is 8.64. The van der Waals surface area contributed by atoms with Crippen molar-refractivity contribution in [1.29, 1.82) is 0 Å². The molecule has 0 saturated heterocycles. The predicted octanol–water partition coefficient (Wildman–Crippen LogP) is 2.86. The maximum Gasteiger partial charge on any atom is 0.255 e. The lowest BCUT2D eigenvalue weighted by atomic mass is 10.2. The molecule has 0 fully saturated rings. The van der Waals surface area contributed by atoms with Crippen LogP contribution in [0.4, 0.5) is 5.69 Å². The molecule has 3 rings (SSSR count). The summed E-state index contributed by atoms with van der Waals surface area (Å²) in [7, 11) is 0.